The molecule has 3 unspecified atom stereocenters. The molecule has 0 rings (SSSR count). The van der Waals surface area contributed by atoms with Crippen LogP contribution in [-0.4, -0.2) is 32.2 Å². The van der Waals surface area contributed by atoms with Gasteiger partial charge in [-0.15, -0.1) is 0 Å². The minimum atomic E-state index is -3.65. The van der Waals surface area contributed by atoms with E-state index in [1.807, 2.05) is 0 Å². The van der Waals surface area contributed by atoms with Gasteiger partial charge in [0.15, 0.2) is 0 Å². The first kappa shape index (κ1) is 26.1. The smallest absolute Gasteiger partial charge is 0.367 e. The van der Waals surface area contributed by atoms with Crippen LogP contribution in [0, 0.1) is 0 Å². The van der Waals surface area contributed by atoms with Gasteiger partial charge >= 0.3 is 9.05 Å². The molecule has 0 aliphatic carbocycles. The maximum absolute atomic E-state index is 11.3. The predicted octanol–water partition coefficient (Wildman–Crippen LogP) is 6.37. The third-order valence-electron chi connectivity index (χ3n) is 4.95. The summed E-state index contributed by atoms with van der Waals surface area (Å²) in [5.74, 6) is 0. The SMILES string of the molecule is CCCCC(CC)O[Si](O)(OC(CC)CCCC)OC(CC)CCCC. The Hall–Kier alpha value is 0.0569. The highest BCUT2D eigenvalue weighted by Crippen LogP contribution is 2.24. The molecule has 3 atom stereocenters. The van der Waals surface area contributed by atoms with E-state index in [1.54, 1.807) is 0 Å². The van der Waals surface area contributed by atoms with Gasteiger partial charge in [0.2, 0.25) is 0 Å². The quantitative estimate of drug-likeness (QED) is 0.276. The molecule has 1 N–H and O–H groups in total. The zero-order valence-electron chi connectivity index (χ0n) is 18.4. The Morgan fingerprint density at radius 3 is 1.04 bits per heavy atom. The van der Waals surface area contributed by atoms with Crippen molar-refractivity contribution in [3.8, 4) is 0 Å². The molecule has 0 aliphatic heterocycles. The Morgan fingerprint density at radius 1 is 0.577 bits per heavy atom. The van der Waals surface area contributed by atoms with Gasteiger partial charge in [0.05, 0.1) is 18.3 Å². The fourth-order valence-electron chi connectivity index (χ4n) is 3.05. The molecular weight excluding hydrogens is 344 g/mol. The van der Waals surface area contributed by atoms with Crippen molar-refractivity contribution < 1.29 is 18.1 Å². The third kappa shape index (κ3) is 11.7. The van der Waals surface area contributed by atoms with Crippen LogP contribution in [0.5, 0.6) is 0 Å². The van der Waals surface area contributed by atoms with E-state index >= 15 is 0 Å². The van der Waals surface area contributed by atoms with Crippen molar-refractivity contribution in [2.45, 2.75) is 137 Å². The van der Waals surface area contributed by atoms with E-state index < -0.39 is 9.05 Å². The summed E-state index contributed by atoms with van der Waals surface area (Å²) in [6.45, 7) is 12.9. The molecule has 0 saturated heterocycles. The number of hydrogen-bond donors (Lipinski definition) is 1. The maximum atomic E-state index is 11.3. The molecule has 0 aromatic rings. The molecule has 0 aromatic heterocycles. The van der Waals surface area contributed by atoms with Gasteiger partial charge in [-0.25, -0.2) is 0 Å². The van der Waals surface area contributed by atoms with E-state index in [0.29, 0.717) is 0 Å². The van der Waals surface area contributed by atoms with Crippen molar-refractivity contribution in [3.05, 3.63) is 0 Å². The van der Waals surface area contributed by atoms with Crippen molar-refractivity contribution in [1.82, 2.24) is 0 Å². The van der Waals surface area contributed by atoms with Gasteiger partial charge in [0.25, 0.3) is 0 Å². The van der Waals surface area contributed by atoms with Gasteiger partial charge in [-0.2, -0.15) is 0 Å². The van der Waals surface area contributed by atoms with E-state index in [2.05, 4.69) is 41.5 Å². The third-order valence-corrected chi connectivity index (χ3v) is 6.85. The zero-order valence-corrected chi connectivity index (χ0v) is 19.4. The molecule has 0 aromatic carbocycles. The first-order chi connectivity index (χ1) is 12.5. The first-order valence-corrected chi connectivity index (χ1v) is 12.9. The van der Waals surface area contributed by atoms with E-state index in [9.17, 15) is 4.80 Å². The average Bonchev–Trinajstić information content (AvgIpc) is 2.65. The molecule has 0 radical (unpaired) electrons. The van der Waals surface area contributed by atoms with Crippen LogP contribution in [0.15, 0.2) is 0 Å². The summed E-state index contributed by atoms with van der Waals surface area (Å²) in [5, 5.41) is 0. The summed E-state index contributed by atoms with van der Waals surface area (Å²) in [5.41, 5.74) is 0. The predicted molar refractivity (Wildman–Crippen MR) is 112 cm³/mol. The summed E-state index contributed by atoms with van der Waals surface area (Å²) in [6.07, 6.45) is 12.2. The number of rotatable bonds is 18. The lowest BCUT2D eigenvalue weighted by atomic mass is 10.1. The molecule has 0 spiro atoms. The highest BCUT2D eigenvalue weighted by molar-refractivity contribution is 6.52. The van der Waals surface area contributed by atoms with Crippen molar-refractivity contribution in [2.75, 3.05) is 0 Å². The van der Waals surface area contributed by atoms with E-state index in [1.165, 1.54) is 0 Å². The zero-order chi connectivity index (χ0) is 19.8. The molecule has 0 fully saturated rings. The molecule has 5 heteroatoms. The lowest BCUT2D eigenvalue weighted by Gasteiger charge is -2.33. The molecule has 0 bridgehead atoms. The van der Waals surface area contributed by atoms with Gasteiger partial charge < -0.3 is 18.1 Å². The van der Waals surface area contributed by atoms with Crippen molar-refractivity contribution in [1.29, 1.82) is 0 Å². The number of unbranched alkanes of at least 4 members (excludes halogenated alkanes) is 3. The van der Waals surface area contributed by atoms with Gasteiger partial charge in [-0.1, -0.05) is 80.1 Å². The minimum Gasteiger partial charge on any atom is -0.367 e. The van der Waals surface area contributed by atoms with Crippen molar-refractivity contribution in [3.63, 3.8) is 0 Å². The Bertz CT molecular complexity index is 269. The lowest BCUT2D eigenvalue weighted by Crippen LogP contribution is -2.53. The van der Waals surface area contributed by atoms with Crippen LogP contribution >= 0.6 is 0 Å². The van der Waals surface area contributed by atoms with Crippen molar-refractivity contribution in [2.24, 2.45) is 0 Å². The van der Waals surface area contributed by atoms with Gasteiger partial charge in [-0.3, -0.25) is 0 Å². The van der Waals surface area contributed by atoms with Crippen LogP contribution in [-0.2, 0) is 13.3 Å². The standard InChI is InChI=1S/C21H46O4Si/c1-7-13-16-19(10-4)23-26(22,24-20(11-5)17-14-8-2)25-21(12-6)18-15-9-3/h19-22H,7-18H2,1-6H3. The summed E-state index contributed by atoms with van der Waals surface area (Å²) >= 11 is 0. The monoisotopic (exact) mass is 390 g/mol. The highest BCUT2D eigenvalue weighted by Gasteiger charge is 2.47. The molecule has 158 valence electrons. The fraction of sp³-hybridized carbons (Fsp3) is 1.00. The largest absolute Gasteiger partial charge is 0.677 e. The van der Waals surface area contributed by atoms with Crippen LogP contribution in [0.2, 0.25) is 0 Å². The lowest BCUT2D eigenvalue weighted by molar-refractivity contribution is -0.0785. The summed E-state index contributed by atoms with van der Waals surface area (Å²) < 4.78 is 18.5. The second-order valence-corrected chi connectivity index (χ2v) is 9.15. The van der Waals surface area contributed by atoms with Crippen LogP contribution in [0.1, 0.15) is 119 Å². The summed E-state index contributed by atoms with van der Waals surface area (Å²) in [7, 11) is -3.65. The Kier molecular flexibility index (Phi) is 16.1. The second kappa shape index (κ2) is 16.1. The highest BCUT2D eigenvalue weighted by atomic mass is 28.4. The van der Waals surface area contributed by atoms with Gasteiger partial charge in [-0.05, 0) is 38.5 Å². The van der Waals surface area contributed by atoms with E-state index in [0.717, 1.165) is 77.0 Å². The minimum absolute atomic E-state index is 0.0129. The van der Waals surface area contributed by atoms with Crippen LogP contribution < -0.4 is 0 Å². The van der Waals surface area contributed by atoms with Crippen molar-refractivity contribution >= 4 is 9.05 Å². The van der Waals surface area contributed by atoms with Gasteiger partial charge in [0.1, 0.15) is 0 Å². The molecular formula is C21H46O4Si. The fourth-order valence-corrected chi connectivity index (χ4v) is 5.33. The van der Waals surface area contributed by atoms with Crippen LogP contribution in [0.3, 0.4) is 0 Å². The number of hydrogen-bond acceptors (Lipinski definition) is 4. The summed E-state index contributed by atoms with van der Waals surface area (Å²) in [4.78, 5) is 11.3. The van der Waals surface area contributed by atoms with E-state index in [4.69, 9.17) is 13.3 Å². The Morgan fingerprint density at radius 2 is 0.846 bits per heavy atom. The maximum Gasteiger partial charge on any atom is 0.677 e. The molecule has 0 amide bonds. The molecule has 0 aliphatic rings. The Balaban J connectivity index is 5.12. The van der Waals surface area contributed by atoms with E-state index in [-0.39, 0.29) is 18.3 Å². The molecule has 0 saturated carbocycles. The van der Waals surface area contributed by atoms with Crippen LogP contribution in [0.4, 0.5) is 0 Å². The van der Waals surface area contributed by atoms with Crippen LogP contribution in [0.25, 0.3) is 0 Å². The summed E-state index contributed by atoms with van der Waals surface area (Å²) in [6, 6.07) is 0. The first-order valence-electron chi connectivity index (χ1n) is 11.2. The topological polar surface area (TPSA) is 47.9 Å². The normalized spacial score (nSPS) is 17.7. The molecule has 0 heterocycles. The average molecular weight is 391 g/mol. The second-order valence-electron chi connectivity index (χ2n) is 7.39. The Labute approximate surface area is 164 Å². The van der Waals surface area contributed by atoms with Gasteiger partial charge in [0, 0.05) is 0 Å². The molecule has 26 heavy (non-hydrogen) atoms. The molecule has 4 nitrogen and oxygen atoms in total.